The molecular weight excluding hydrogens is 1140 g/mol. The van der Waals surface area contributed by atoms with Crippen LogP contribution in [0.2, 0.25) is 0 Å². The molecular formula is C67H94N6O16. The quantitative estimate of drug-likeness (QED) is 0.0150. The summed E-state index contributed by atoms with van der Waals surface area (Å²) in [4.78, 5) is 104. The highest BCUT2D eigenvalue weighted by Crippen LogP contribution is 2.29. The molecule has 0 radical (unpaired) electrons. The van der Waals surface area contributed by atoms with Gasteiger partial charge in [-0.25, -0.2) is 19.2 Å². The second-order valence-electron chi connectivity index (χ2n) is 24.6. The van der Waals surface area contributed by atoms with Gasteiger partial charge in [0.2, 0.25) is 0 Å². The number of nitrogens with one attached hydrogen (secondary N) is 5. The lowest BCUT2D eigenvalue weighted by molar-refractivity contribution is -0.0152. The zero-order valence-corrected chi connectivity index (χ0v) is 53.5. The molecule has 4 aromatic carbocycles. The number of Topliss-reactive ketones (excluding diaryl/α,β-unsaturated/α-hetero) is 4. The van der Waals surface area contributed by atoms with E-state index in [9.17, 15) is 58.8 Å². The molecule has 0 aliphatic heterocycles. The van der Waals surface area contributed by atoms with Gasteiger partial charge >= 0.3 is 24.2 Å². The number of carbonyl (C=O) groups excluding carboxylic acids is 8. The first kappa shape index (κ1) is 73.9. The third kappa shape index (κ3) is 26.2. The lowest BCUT2D eigenvalue weighted by Crippen LogP contribution is -2.44. The standard InChI is InChI=1S/C67H94N6O16/c1-44(71-60(78)68-36-16-12-13-18-38-70-62(80)89-55(48-24-28-51(29-25-48)57(75)65(6,7)83)49-26-30-52(31-27-49)58(76)66(8,9)84)40-86-42-46(3)87-41-45(2)72-61(79)69-37-17-14-15-19-39-73(54-34-32-53(33-35-54)59(77)67(10,11)85)63(81)88-43-47-20-22-50(23-21-47)56(74)64(4,5)82/h20-35,44-46,55,82-85H,12-19,36-43H2,1-11H3,(H,70,80)(H2,68,71,78)(H2,69,72,79). The van der Waals surface area contributed by atoms with Gasteiger partial charge in [-0.05, 0) is 143 Å². The summed E-state index contributed by atoms with van der Waals surface area (Å²) in [5.41, 5.74) is -2.82. The van der Waals surface area contributed by atoms with E-state index in [1.165, 1.54) is 60.3 Å². The van der Waals surface area contributed by atoms with E-state index in [0.717, 1.165) is 25.7 Å². The summed E-state index contributed by atoms with van der Waals surface area (Å²) in [7, 11) is 0. The Balaban J connectivity index is 1.06. The zero-order valence-electron chi connectivity index (χ0n) is 53.5. The predicted molar refractivity (Wildman–Crippen MR) is 337 cm³/mol. The first-order chi connectivity index (χ1) is 41.7. The monoisotopic (exact) mass is 1240 g/mol. The number of rotatable bonds is 37. The van der Waals surface area contributed by atoms with E-state index in [2.05, 4.69) is 26.6 Å². The Morgan fingerprint density at radius 3 is 1.25 bits per heavy atom. The lowest BCUT2D eigenvalue weighted by Gasteiger charge is -2.23. The fourth-order valence-electron chi connectivity index (χ4n) is 8.95. The van der Waals surface area contributed by atoms with Crippen molar-refractivity contribution >= 4 is 53.1 Å². The molecule has 4 rings (SSSR count). The minimum atomic E-state index is -1.57. The number of anilines is 1. The first-order valence-corrected chi connectivity index (χ1v) is 30.4. The van der Waals surface area contributed by atoms with Crippen molar-refractivity contribution in [1.82, 2.24) is 26.6 Å². The molecule has 0 saturated heterocycles. The summed E-state index contributed by atoms with van der Waals surface area (Å²) in [5.74, 6) is -1.83. The number of ether oxygens (including phenoxy) is 4. The maximum absolute atomic E-state index is 13.5. The Labute approximate surface area is 523 Å². The van der Waals surface area contributed by atoms with Gasteiger partial charge in [0, 0.05) is 54.1 Å². The molecule has 3 atom stereocenters. The predicted octanol–water partition coefficient (Wildman–Crippen LogP) is 9.08. The van der Waals surface area contributed by atoms with E-state index in [4.69, 9.17) is 18.9 Å². The van der Waals surface area contributed by atoms with E-state index in [1.807, 2.05) is 20.8 Å². The number of alkyl carbamates (subject to hydrolysis) is 1. The number of hydrogen-bond acceptors (Lipinski definition) is 16. The maximum Gasteiger partial charge on any atom is 0.414 e. The number of aliphatic hydroxyl groups is 4. The Hall–Kier alpha value is -7.60. The van der Waals surface area contributed by atoms with Crippen LogP contribution in [0.5, 0.6) is 0 Å². The van der Waals surface area contributed by atoms with Gasteiger partial charge in [-0.3, -0.25) is 24.1 Å². The molecule has 0 heterocycles. The molecule has 89 heavy (non-hydrogen) atoms. The van der Waals surface area contributed by atoms with Gasteiger partial charge in [0.25, 0.3) is 0 Å². The van der Waals surface area contributed by atoms with Gasteiger partial charge in [0.15, 0.2) is 29.2 Å². The minimum absolute atomic E-state index is 0.0733. The van der Waals surface area contributed by atoms with E-state index in [1.54, 1.807) is 97.1 Å². The molecule has 0 aromatic heterocycles. The van der Waals surface area contributed by atoms with Crippen LogP contribution in [-0.2, 0) is 25.6 Å². The number of carbonyl (C=O) groups is 8. The van der Waals surface area contributed by atoms with E-state index in [0.29, 0.717) is 79.8 Å². The average Bonchev–Trinajstić information content (AvgIpc) is 2.83. The number of amides is 6. The van der Waals surface area contributed by atoms with Gasteiger partial charge in [0.1, 0.15) is 29.0 Å². The van der Waals surface area contributed by atoms with Crippen molar-refractivity contribution in [1.29, 1.82) is 0 Å². The molecule has 0 aliphatic carbocycles. The summed E-state index contributed by atoms with van der Waals surface area (Å²) in [5, 5.41) is 54.9. The zero-order chi connectivity index (χ0) is 66.1. The smallest absolute Gasteiger partial charge is 0.414 e. The molecule has 488 valence electrons. The summed E-state index contributed by atoms with van der Waals surface area (Å²) >= 11 is 0. The Bertz CT molecular complexity index is 2860. The van der Waals surface area contributed by atoms with Crippen LogP contribution in [-0.4, -0.2) is 154 Å². The third-order valence-corrected chi connectivity index (χ3v) is 14.0. The number of benzene rings is 4. The van der Waals surface area contributed by atoms with Crippen molar-refractivity contribution in [3.05, 3.63) is 136 Å². The molecule has 22 nitrogen and oxygen atoms in total. The Morgan fingerprint density at radius 1 is 0.461 bits per heavy atom. The molecule has 0 fully saturated rings. The largest absolute Gasteiger partial charge is 0.444 e. The highest BCUT2D eigenvalue weighted by Gasteiger charge is 2.30. The molecule has 0 spiro atoms. The van der Waals surface area contributed by atoms with Crippen LogP contribution in [0.1, 0.15) is 192 Å². The molecule has 4 aromatic rings. The maximum atomic E-state index is 13.5. The SMILES string of the molecule is CC(COCC(C)OCC(C)NC(=O)NCCCCCCN(C(=O)OCc1ccc(C(=O)C(C)(C)O)cc1)c1ccc(C(=O)C(C)(C)O)cc1)NC(=O)NCCCCCCNC(=O)OC(c1ccc(C(=O)C(C)(C)O)cc1)c1ccc(C(=O)C(C)(C)O)cc1. The van der Waals surface area contributed by atoms with Gasteiger partial charge in [-0.15, -0.1) is 0 Å². The average molecular weight is 1240 g/mol. The second-order valence-corrected chi connectivity index (χ2v) is 24.6. The van der Waals surface area contributed by atoms with Crippen molar-refractivity contribution in [2.75, 3.05) is 50.9 Å². The molecule has 0 saturated carbocycles. The van der Waals surface area contributed by atoms with Crippen LogP contribution >= 0.6 is 0 Å². The van der Waals surface area contributed by atoms with E-state index < -0.39 is 63.8 Å². The first-order valence-electron chi connectivity index (χ1n) is 30.4. The van der Waals surface area contributed by atoms with Crippen LogP contribution < -0.4 is 31.5 Å². The van der Waals surface area contributed by atoms with Gasteiger partial charge in [0.05, 0.1) is 38.0 Å². The summed E-state index contributed by atoms with van der Waals surface area (Å²) in [6, 6.07) is 24.3. The van der Waals surface area contributed by atoms with Crippen LogP contribution in [0.4, 0.5) is 24.9 Å². The molecule has 0 aliphatic rings. The second kappa shape index (κ2) is 35.0. The Kier molecular flexibility index (Phi) is 29.0. The van der Waals surface area contributed by atoms with Gasteiger partial charge < -0.3 is 66.0 Å². The normalized spacial score (nSPS) is 12.9. The van der Waals surface area contributed by atoms with Crippen LogP contribution in [0.15, 0.2) is 97.1 Å². The van der Waals surface area contributed by atoms with Gasteiger partial charge in [-0.2, -0.15) is 0 Å². The van der Waals surface area contributed by atoms with E-state index in [-0.39, 0.29) is 73.4 Å². The van der Waals surface area contributed by atoms with Crippen molar-refractivity contribution in [2.24, 2.45) is 0 Å². The Morgan fingerprint density at radius 2 is 0.831 bits per heavy atom. The van der Waals surface area contributed by atoms with Crippen molar-refractivity contribution in [2.45, 2.75) is 181 Å². The van der Waals surface area contributed by atoms with Crippen LogP contribution in [0.3, 0.4) is 0 Å². The number of hydrogen-bond donors (Lipinski definition) is 9. The van der Waals surface area contributed by atoms with Gasteiger partial charge in [-0.1, -0.05) is 98.5 Å². The number of urea groups is 2. The minimum Gasteiger partial charge on any atom is -0.444 e. The topological polar surface area (TPSA) is 318 Å². The van der Waals surface area contributed by atoms with E-state index >= 15 is 0 Å². The highest BCUT2D eigenvalue weighted by molar-refractivity contribution is 6.03. The summed E-state index contributed by atoms with van der Waals surface area (Å²) < 4.78 is 23.2. The fraction of sp³-hybridized carbons (Fsp3) is 0.522. The van der Waals surface area contributed by atoms with Crippen molar-refractivity contribution in [3.63, 3.8) is 0 Å². The highest BCUT2D eigenvalue weighted by atomic mass is 16.6. The third-order valence-electron chi connectivity index (χ3n) is 14.0. The van der Waals surface area contributed by atoms with Crippen molar-refractivity contribution in [3.8, 4) is 0 Å². The molecule has 9 N–H and O–H groups in total. The van der Waals surface area contributed by atoms with Crippen LogP contribution in [0.25, 0.3) is 0 Å². The number of ketones is 4. The number of unbranched alkanes of at least 4 members (excludes halogenated alkanes) is 6. The molecule has 3 unspecified atom stereocenters. The van der Waals surface area contributed by atoms with Crippen molar-refractivity contribution < 1.29 is 77.7 Å². The summed E-state index contributed by atoms with van der Waals surface area (Å²) in [6.07, 6.45) is 3.24. The summed E-state index contributed by atoms with van der Waals surface area (Å²) in [6.45, 7) is 18.9. The number of nitrogens with zero attached hydrogens (tertiary/aromatic N) is 1. The molecule has 6 amide bonds. The van der Waals surface area contributed by atoms with Crippen LogP contribution in [0, 0.1) is 0 Å². The molecule has 22 heteroatoms. The molecule has 0 bridgehead atoms. The lowest BCUT2D eigenvalue weighted by atomic mass is 9.92. The fourth-order valence-corrected chi connectivity index (χ4v) is 8.95.